The Kier molecular flexibility index (Phi) is 1.54. The Morgan fingerprint density at radius 1 is 1.58 bits per heavy atom. The van der Waals surface area contributed by atoms with Gasteiger partial charge in [-0.1, -0.05) is 11.8 Å². The molecule has 2 heterocycles. The van der Waals surface area contributed by atoms with Crippen molar-refractivity contribution in [3.63, 3.8) is 0 Å². The maximum absolute atomic E-state index is 11.3. The van der Waals surface area contributed by atoms with E-state index >= 15 is 0 Å². The monoisotopic (exact) mass is 182 g/mol. The first-order chi connectivity index (χ1) is 5.70. The van der Waals surface area contributed by atoms with Crippen molar-refractivity contribution in [3.05, 3.63) is 22.7 Å². The van der Waals surface area contributed by atoms with Crippen molar-refractivity contribution in [2.45, 2.75) is 17.2 Å². The normalized spacial score (nSPS) is 21.1. The molecule has 2 rings (SSSR count). The summed E-state index contributed by atoms with van der Waals surface area (Å²) in [5.74, 6) is -0.173. The lowest BCUT2D eigenvalue weighted by Crippen LogP contribution is -2.28. The number of fused-ring (bicyclic) bond motifs is 1. The summed E-state index contributed by atoms with van der Waals surface area (Å²) in [6.07, 6.45) is 1.42. The first-order valence-electron chi connectivity index (χ1n) is 3.49. The predicted molar refractivity (Wildman–Crippen MR) is 44.4 cm³/mol. The highest BCUT2D eigenvalue weighted by molar-refractivity contribution is 8.01. The number of nitrogens with zero attached hydrogens (tertiary/aromatic N) is 2. The van der Waals surface area contributed by atoms with Crippen LogP contribution in [0.2, 0.25) is 0 Å². The molecule has 5 heteroatoms. The van der Waals surface area contributed by atoms with Gasteiger partial charge in [0.05, 0.1) is 10.3 Å². The second-order valence-electron chi connectivity index (χ2n) is 2.50. The zero-order valence-electron chi connectivity index (χ0n) is 6.35. The molecule has 0 saturated heterocycles. The molecule has 62 valence electrons. The minimum Gasteiger partial charge on any atom is -0.273 e. The molecule has 0 aromatic carbocycles. The van der Waals surface area contributed by atoms with E-state index in [-0.39, 0.29) is 11.2 Å². The molecule has 0 spiro atoms. The van der Waals surface area contributed by atoms with Crippen molar-refractivity contribution in [1.29, 1.82) is 0 Å². The summed E-state index contributed by atoms with van der Waals surface area (Å²) in [4.78, 5) is 25.9. The molecule has 0 saturated carbocycles. The molecular weight excluding hydrogens is 176 g/mol. The average Bonchev–Trinajstić information content (AvgIpc) is 2.29. The van der Waals surface area contributed by atoms with Crippen LogP contribution in [0.4, 0.5) is 0 Å². The van der Waals surface area contributed by atoms with Crippen molar-refractivity contribution >= 4 is 17.7 Å². The Morgan fingerprint density at radius 2 is 2.33 bits per heavy atom. The Labute approximate surface area is 72.6 Å². The largest absolute Gasteiger partial charge is 0.355 e. The molecular formula is C7H6N2O2S. The second kappa shape index (κ2) is 2.45. The van der Waals surface area contributed by atoms with Crippen LogP contribution < -0.4 is 5.69 Å². The third-order valence-corrected chi connectivity index (χ3v) is 2.79. The summed E-state index contributed by atoms with van der Waals surface area (Å²) in [5.41, 5.74) is -0.477. The Hall–Kier alpha value is -1.10. The third-order valence-electron chi connectivity index (χ3n) is 1.68. The summed E-state index contributed by atoms with van der Waals surface area (Å²) < 4.78 is 1.12. The van der Waals surface area contributed by atoms with Crippen LogP contribution in [0.15, 0.2) is 22.1 Å². The molecule has 0 N–H and O–H groups in total. The smallest absolute Gasteiger partial charge is 0.273 e. The van der Waals surface area contributed by atoms with Gasteiger partial charge in [-0.05, 0) is 13.0 Å². The summed E-state index contributed by atoms with van der Waals surface area (Å²) in [5, 5.41) is 0.523. The zero-order valence-corrected chi connectivity index (χ0v) is 7.17. The predicted octanol–water partition coefficient (Wildman–Crippen LogP) is 0.378. The van der Waals surface area contributed by atoms with Crippen LogP contribution in [0.5, 0.6) is 0 Å². The maximum Gasteiger partial charge on any atom is 0.355 e. The number of carbonyl (C=O) groups is 1. The van der Waals surface area contributed by atoms with Crippen LogP contribution in [0, 0.1) is 0 Å². The van der Waals surface area contributed by atoms with Gasteiger partial charge in [-0.2, -0.15) is 0 Å². The van der Waals surface area contributed by atoms with E-state index in [2.05, 4.69) is 4.98 Å². The molecule has 0 bridgehead atoms. The van der Waals surface area contributed by atoms with Crippen molar-refractivity contribution in [2.24, 2.45) is 0 Å². The van der Waals surface area contributed by atoms with Gasteiger partial charge in [-0.25, -0.2) is 14.3 Å². The number of aromatic nitrogens is 2. The van der Waals surface area contributed by atoms with Gasteiger partial charge in [0.25, 0.3) is 0 Å². The molecule has 4 nitrogen and oxygen atoms in total. The van der Waals surface area contributed by atoms with Crippen LogP contribution in [0.25, 0.3) is 0 Å². The van der Waals surface area contributed by atoms with Gasteiger partial charge in [0.2, 0.25) is 5.91 Å². The number of thioether (sulfide) groups is 1. The maximum atomic E-state index is 11.3. The van der Waals surface area contributed by atoms with E-state index in [0.717, 1.165) is 4.57 Å². The van der Waals surface area contributed by atoms with E-state index in [1.165, 1.54) is 18.0 Å². The Morgan fingerprint density at radius 3 is 3.00 bits per heavy atom. The quantitative estimate of drug-likeness (QED) is 0.544. The van der Waals surface area contributed by atoms with Crippen molar-refractivity contribution in [1.82, 2.24) is 9.55 Å². The highest BCUT2D eigenvalue weighted by Gasteiger charge is 2.28. The van der Waals surface area contributed by atoms with E-state index in [1.54, 1.807) is 13.0 Å². The fraction of sp³-hybridized carbons (Fsp3) is 0.286. The van der Waals surface area contributed by atoms with Crippen LogP contribution in [-0.2, 0) is 0 Å². The summed E-state index contributed by atoms with van der Waals surface area (Å²) in [6.45, 7) is 1.78. The van der Waals surface area contributed by atoms with Gasteiger partial charge in [-0.3, -0.25) is 4.79 Å². The number of rotatable bonds is 0. The molecule has 1 aliphatic rings. The summed E-state index contributed by atoms with van der Waals surface area (Å²) in [7, 11) is 0. The van der Waals surface area contributed by atoms with E-state index in [1.807, 2.05) is 0 Å². The van der Waals surface area contributed by atoms with Crippen molar-refractivity contribution < 1.29 is 4.79 Å². The van der Waals surface area contributed by atoms with Gasteiger partial charge < -0.3 is 0 Å². The van der Waals surface area contributed by atoms with Crippen molar-refractivity contribution in [3.8, 4) is 0 Å². The number of carbonyl (C=O) groups excluding carboxylic acids is 1. The first-order valence-corrected chi connectivity index (χ1v) is 4.37. The first kappa shape index (κ1) is 7.54. The molecule has 1 aromatic heterocycles. The molecule has 1 atom stereocenters. The lowest BCUT2D eigenvalue weighted by atomic mass is 10.4. The topological polar surface area (TPSA) is 52.0 Å². The molecule has 12 heavy (non-hydrogen) atoms. The average molecular weight is 182 g/mol. The molecule has 1 aromatic rings. The Balaban J connectivity index is 2.70. The van der Waals surface area contributed by atoms with Crippen LogP contribution in [0.3, 0.4) is 0 Å². The minimum atomic E-state index is -0.477. The molecule has 0 unspecified atom stereocenters. The third kappa shape index (κ3) is 0.896. The van der Waals surface area contributed by atoms with Gasteiger partial charge in [0.15, 0.2) is 0 Å². The van der Waals surface area contributed by atoms with Gasteiger partial charge in [0.1, 0.15) is 0 Å². The molecule has 1 aliphatic heterocycles. The molecule has 0 amide bonds. The molecule has 0 radical (unpaired) electrons. The SMILES string of the molecule is C[C@H]1Sc2ccnc(=O)n2C1=O. The number of hydrogen-bond donors (Lipinski definition) is 0. The summed E-state index contributed by atoms with van der Waals surface area (Å²) in [6, 6.07) is 1.67. The van der Waals surface area contributed by atoms with E-state index in [9.17, 15) is 9.59 Å². The van der Waals surface area contributed by atoms with Gasteiger partial charge in [0, 0.05) is 6.20 Å². The van der Waals surface area contributed by atoms with Crippen LogP contribution >= 0.6 is 11.8 Å². The highest BCUT2D eigenvalue weighted by atomic mass is 32.2. The van der Waals surface area contributed by atoms with Crippen molar-refractivity contribution in [2.75, 3.05) is 0 Å². The second-order valence-corrected chi connectivity index (χ2v) is 3.86. The lowest BCUT2D eigenvalue weighted by molar-refractivity contribution is 0.0908. The van der Waals surface area contributed by atoms with Gasteiger partial charge in [-0.15, -0.1) is 0 Å². The fourth-order valence-corrected chi connectivity index (χ4v) is 2.08. The summed E-state index contributed by atoms with van der Waals surface area (Å²) >= 11 is 1.39. The van der Waals surface area contributed by atoms with Crippen LogP contribution in [-0.4, -0.2) is 20.7 Å². The Bertz CT molecular complexity index is 399. The van der Waals surface area contributed by atoms with Crippen LogP contribution in [0.1, 0.15) is 11.7 Å². The lowest BCUT2D eigenvalue weighted by Gasteiger charge is -1.95. The highest BCUT2D eigenvalue weighted by Crippen LogP contribution is 2.28. The molecule has 0 aliphatic carbocycles. The standard InChI is InChI=1S/C7H6N2O2S/c1-4-6(10)9-5(12-4)2-3-8-7(9)11/h2-4H,1H3/t4-/m1/s1. The zero-order chi connectivity index (χ0) is 8.72. The molecule has 0 fully saturated rings. The number of hydrogen-bond acceptors (Lipinski definition) is 4. The fourth-order valence-electron chi connectivity index (χ4n) is 1.10. The van der Waals surface area contributed by atoms with E-state index < -0.39 is 5.69 Å². The van der Waals surface area contributed by atoms with Gasteiger partial charge >= 0.3 is 5.69 Å². The minimum absolute atomic E-state index is 0.165. The van der Waals surface area contributed by atoms with E-state index in [4.69, 9.17) is 0 Å². The van der Waals surface area contributed by atoms with E-state index in [0.29, 0.717) is 5.03 Å².